The summed E-state index contributed by atoms with van der Waals surface area (Å²) in [6.07, 6.45) is 3.81. The number of hydrogen-bond acceptors (Lipinski definition) is 10. The van der Waals surface area contributed by atoms with Crippen molar-refractivity contribution in [3.63, 3.8) is 0 Å². The first-order valence-electron chi connectivity index (χ1n) is 12.1. The monoisotopic (exact) mass is 539 g/mol. The summed E-state index contributed by atoms with van der Waals surface area (Å²) in [7, 11) is -3.47. The Hall–Kier alpha value is -3.70. The lowest BCUT2D eigenvalue weighted by Gasteiger charge is -2.20. The summed E-state index contributed by atoms with van der Waals surface area (Å²) in [6, 6.07) is 8.61. The first-order chi connectivity index (χ1) is 18.4. The average molecular weight is 539 g/mol. The quantitative estimate of drug-likeness (QED) is 0.312. The van der Waals surface area contributed by atoms with E-state index in [1.807, 2.05) is 0 Å². The number of carbonyl (C=O) groups excluding carboxylic acids is 2. The Morgan fingerprint density at radius 1 is 1.18 bits per heavy atom. The van der Waals surface area contributed by atoms with Crippen molar-refractivity contribution in [3.05, 3.63) is 65.9 Å². The molecule has 2 aliphatic heterocycles. The van der Waals surface area contributed by atoms with Crippen molar-refractivity contribution in [1.29, 1.82) is 0 Å². The summed E-state index contributed by atoms with van der Waals surface area (Å²) in [5, 5.41) is 7.85. The van der Waals surface area contributed by atoms with Crippen LogP contribution in [0.3, 0.4) is 0 Å². The number of ether oxygens (including phenoxy) is 2. The van der Waals surface area contributed by atoms with Gasteiger partial charge in [0.1, 0.15) is 12.1 Å². The Kier molecular flexibility index (Phi) is 7.48. The molecule has 198 valence electrons. The number of nitrogens with one attached hydrogen (secondary N) is 1. The van der Waals surface area contributed by atoms with Gasteiger partial charge in [-0.05, 0) is 38.1 Å². The second-order valence-corrected chi connectivity index (χ2v) is 10.3. The fourth-order valence-corrected chi connectivity index (χ4v) is 5.65. The van der Waals surface area contributed by atoms with Gasteiger partial charge in [0, 0.05) is 18.3 Å². The molecule has 12 nitrogen and oxygen atoms in total. The van der Waals surface area contributed by atoms with E-state index in [1.165, 1.54) is 22.9 Å². The van der Waals surface area contributed by atoms with Crippen LogP contribution in [-0.4, -0.2) is 57.0 Å². The predicted molar refractivity (Wildman–Crippen MR) is 137 cm³/mol. The molecule has 1 aromatic carbocycles. The molecule has 0 aliphatic carbocycles. The Balaban J connectivity index is 1.50. The van der Waals surface area contributed by atoms with E-state index < -0.39 is 32.0 Å². The summed E-state index contributed by atoms with van der Waals surface area (Å²) in [5.74, 6) is 0.822. The molecule has 2 aliphatic rings. The SMILES string of the molecule is CCOP(=O)(/C=C/[C@@H]1CC(OC(=O)c2ccccc2)[C@H](n2nc3c4c(ncnc42)NC(=O)C=C3)O1)OCC. The van der Waals surface area contributed by atoms with Gasteiger partial charge in [0.25, 0.3) is 0 Å². The molecular formula is C25H26N5O7P. The van der Waals surface area contributed by atoms with Gasteiger partial charge in [-0.3, -0.25) is 9.36 Å². The van der Waals surface area contributed by atoms with E-state index in [1.54, 1.807) is 56.3 Å². The third kappa shape index (κ3) is 5.30. The molecule has 1 unspecified atom stereocenters. The molecule has 4 heterocycles. The highest BCUT2D eigenvalue weighted by molar-refractivity contribution is 7.57. The molecule has 1 fully saturated rings. The van der Waals surface area contributed by atoms with Crippen LogP contribution in [-0.2, 0) is 27.9 Å². The molecule has 1 saturated heterocycles. The maximum absolute atomic E-state index is 12.9. The number of aromatic nitrogens is 4. The van der Waals surface area contributed by atoms with Gasteiger partial charge in [-0.2, -0.15) is 5.10 Å². The molecular weight excluding hydrogens is 513 g/mol. The van der Waals surface area contributed by atoms with Crippen molar-refractivity contribution in [2.24, 2.45) is 0 Å². The number of rotatable bonds is 9. The Morgan fingerprint density at radius 3 is 2.68 bits per heavy atom. The lowest BCUT2D eigenvalue weighted by atomic mass is 10.2. The molecule has 13 heteroatoms. The summed E-state index contributed by atoms with van der Waals surface area (Å²) in [6.45, 7) is 3.87. The Morgan fingerprint density at radius 2 is 1.95 bits per heavy atom. The molecule has 2 aromatic heterocycles. The third-order valence-corrected chi connectivity index (χ3v) is 7.63. The number of esters is 1. The smallest absolute Gasteiger partial charge is 0.353 e. The molecule has 38 heavy (non-hydrogen) atoms. The van der Waals surface area contributed by atoms with Gasteiger partial charge >= 0.3 is 13.6 Å². The molecule has 0 saturated carbocycles. The van der Waals surface area contributed by atoms with Crippen LogP contribution >= 0.6 is 7.60 Å². The minimum absolute atomic E-state index is 0.210. The maximum atomic E-state index is 12.9. The van der Waals surface area contributed by atoms with Crippen LogP contribution in [0.5, 0.6) is 0 Å². The van der Waals surface area contributed by atoms with Crippen molar-refractivity contribution >= 4 is 42.4 Å². The van der Waals surface area contributed by atoms with Crippen LogP contribution < -0.4 is 5.32 Å². The topological polar surface area (TPSA) is 144 Å². The zero-order chi connectivity index (χ0) is 26.7. The molecule has 3 aromatic rings. The fraction of sp³-hybridized carbons (Fsp3) is 0.320. The average Bonchev–Trinajstić information content (AvgIpc) is 3.43. The van der Waals surface area contributed by atoms with Crippen LogP contribution in [0.2, 0.25) is 0 Å². The number of amides is 1. The maximum Gasteiger partial charge on any atom is 0.353 e. The van der Waals surface area contributed by atoms with E-state index in [9.17, 15) is 14.2 Å². The molecule has 0 spiro atoms. The van der Waals surface area contributed by atoms with Gasteiger partial charge in [-0.15, -0.1) is 0 Å². The molecule has 1 amide bonds. The molecule has 0 bridgehead atoms. The van der Waals surface area contributed by atoms with Crippen molar-refractivity contribution in [2.75, 3.05) is 18.5 Å². The second kappa shape index (κ2) is 11.0. The molecule has 3 atom stereocenters. The Labute approximate surface area is 218 Å². The summed E-state index contributed by atoms with van der Waals surface area (Å²) < 4.78 is 37.3. The summed E-state index contributed by atoms with van der Waals surface area (Å²) >= 11 is 0. The van der Waals surface area contributed by atoms with Gasteiger partial charge in [0.05, 0.1) is 36.0 Å². The van der Waals surface area contributed by atoms with E-state index in [0.717, 1.165) is 0 Å². The zero-order valence-corrected chi connectivity index (χ0v) is 21.6. The standard InChI is InChI=1S/C25H26N5O7P/c1-3-34-38(33,35-4-2)13-12-17-14-19(37-25(32)16-8-6-5-7-9-16)24(36-17)30-23-21-18(29-30)10-11-20(31)28-22(21)26-15-27-23/h5-13,15,17,19,24H,3-4,14H2,1-2H3,(H,26,27,28,31)/b13-12+/t17-,19?,24-/m1/s1. The highest BCUT2D eigenvalue weighted by atomic mass is 31.2. The third-order valence-electron chi connectivity index (χ3n) is 5.86. The number of hydrogen-bond donors (Lipinski definition) is 1. The first-order valence-corrected chi connectivity index (χ1v) is 13.7. The van der Waals surface area contributed by atoms with Crippen LogP contribution in [0.25, 0.3) is 17.1 Å². The zero-order valence-electron chi connectivity index (χ0n) is 20.7. The highest BCUT2D eigenvalue weighted by Crippen LogP contribution is 2.50. The van der Waals surface area contributed by atoms with Gasteiger partial charge < -0.3 is 23.8 Å². The highest BCUT2D eigenvalue weighted by Gasteiger charge is 2.41. The van der Waals surface area contributed by atoms with E-state index in [4.69, 9.17) is 18.5 Å². The Bertz CT molecular complexity index is 1450. The predicted octanol–water partition coefficient (Wildman–Crippen LogP) is 4.08. The largest absolute Gasteiger partial charge is 0.454 e. The number of nitrogens with zero attached hydrogens (tertiary/aromatic N) is 4. The van der Waals surface area contributed by atoms with Gasteiger partial charge in [-0.25, -0.2) is 19.4 Å². The van der Waals surface area contributed by atoms with Crippen molar-refractivity contribution < 1.29 is 32.7 Å². The van der Waals surface area contributed by atoms with Crippen LogP contribution in [0.15, 0.2) is 54.6 Å². The van der Waals surface area contributed by atoms with Crippen molar-refractivity contribution in [3.8, 4) is 0 Å². The number of benzene rings is 1. The molecule has 5 rings (SSSR count). The van der Waals surface area contributed by atoms with E-state index in [2.05, 4.69) is 20.4 Å². The van der Waals surface area contributed by atoms with Gasteiger partial charge in [-0.1, -0.05) is 18.2 Å². The van der Waals surface area contributed by atoms with Crippen LogP contribution in [0, 0.1) is 0 Å². The van der Waals surface area contributed by atoms with E-state index in [0.29, 0.717) is 28.1 Å². The minimum Gasteiger partial charge on any atom is -0.454 e. The number of carbonyl (C=O) groups is 2. The van der Waals surface area contributed by atoms with Crippen LogP contribution in [0.1, 0.15) is 42.5 Å². The van der Waals surface area contributed by atoms with Gasteiger partial charge in [0.15, 0.2) is 18.0 Å². The van der Waals surface area contributed by atoms with Crippen molar-refractivity contribution in [2.45, 2.75) is 38.7 Å². The lowest BCUT2D eigenvalue weighted by Crippen LogP contribution is -2.26. The summed E-state index contributed by atoms with van der Waals surface area (Å²) in [4.78, 5) is 33.5. The first kappa shape index (κ1) is 25.9. The normalized spacial score (nSPS) is 21.1. The van der Waals surface area contributed by atoms with Crippen LogP contribution in [0.4, 0.5) is 5.82 Å². The fourth-order valence-electron chi connectivity index (χ4n) is 4.28. The number of anilines is 1. The van der Waals surface area contributed by atoms with Gasteiger partial charge in [0.2, 0.25) is 5.91 Å². The lowest BCUT2D eigenvalue weighted by molar-refractivity contribution is -0.111. The van der Waals surface area contributed by atoms with Crippen molar-refractivity contribution in [1.82, 2.24) is 19.7 Å². The molecule has 1 N–H and O–H groups in total. The molecule has 0 radical (unpaired) electrons. The van der Waals surface area contributed by atoms with E-state index >= 15 is 0 Å². The van der Waals surface area contributed by atoms with E-state index in [-0.39, 0.29) is 25.5 Å². The summed E-state index contributed by atoms with van der Waals surface area (Å²) in [5.41, 5.74) is 1.24. The second-order valence-electron chi connectivity index (χ2n) is 8.40. The minimum atomic E-state index is -3.47.